The van der Waals surface area contributed by atoms with Crippen LogP contribution in [0.3, 0.4) is 0 Å². The first kappa shape index (κ1) is 12.3. The summed E-state index contributed by atoms with van der Waals surface area (Å²) in [5.74, 6) is 0. The van der Waals surface area contributed by atoms with Crippen molar-refractivity contribution in [1.29, 1.82) is 0 Å². The van der Waals surface area contributed by atoms with Gasteiger partial charge in [-0.05, 0) is 45.6 Å². The van der Waals surface area contributed by atoms with Gasteiger partial charge in [-0.15, -0.1) is 0 Å². The highest BCUT2D eigenvalue weighted by Crippen LogP contribution is 2.45. The molecule has 2 N–H and O–H groups in total. The number of piperazine rings is 1. The van der Waals surface area contributed by atoms with E-state index >= 15 is 0 Å². The van der Waals surface area contributed by atoms with Gasteiger partial charge in [0.2, 0.25) is 0 Å². The third-order valence-electron chi connectivity index (χ3n) is 4.27. The molecule has 94 valence electrons. The van der Waals surface area contributed by atoms with E-state index in [1.807, 2.05) is 0 Å². The second-order valence-electron chi connectivity index (χ2n) is 6.64. The lowest BCUT2D eigenvalue weighted by Gasteiger charge is -2.43. The van der Waals surface area contributed by atoms with Crippen molar-refractivity contribution in [2.45, 2.75) is 39.2 Å². The molecule has 0 unspecified atom stereocenters. The zero-order valence-electron chi connectivity index (χ0n) is 11.1. The Kier molecular flexibility index (Phi) is 3.30. The molecule has 0 radical (unpaired) electrons. The second-order valence-corrected chi connectivity index (χ2v) is 6.64. The van der Waals surface area contributed by atoms with Gasteiger partial charge in [-0.25, -0.2) is 0 Å². The van der Waals surface area contributed by atoms with Crippen LogP contribution in [0.25, 0.3) is 0 Å². The zero-order chi connectivity index (χ0) is 11.8. The van der Waals surface area contributed by atoms with E-state index < -0.39 is 0 Å². The fourth-order valence-corrected chi connectivity index (χ4v) is 2.65. The van der Waals surface area contributed by atoms with Gasteiger partial charge < -0.3 is 10.6 Å². The highest BCUT2D eigenvalue weighted by atomic mass is 15.3. The molecule has 1 saturated carbocycles. The molecule has 3 nitrogen and oxygen atoms in total. The van der Waals surface area contributed by atoms with Crippen LogP contribution >= 0.6 is 0 Å². The lowest BCUT2D eigenvalue weighted by atomic mass is 10.0. The first-order valence-electron chi connectivity index (χ1n) is 6.63. The molecule has 0 aromatic rings. The second kappa shape index (κ2) is 4.28. The molecule has 0 aromatic heterocycles. The predicted molar refractivity (Wildman–Crippen MR) is 68.5 cm³/mol. The van der Waals surface area contributed by atoms with Crippen LogP contribution in [0.5, 0.6) is 0 Å². The van der Waals surface area contributed by atoms with Crippen LogP contribution < -0.4 is 5.73 Å². The van der Waals surface area contributed by atoms with Crippen LogP contribution in [0, 0.1) is 5.41 Å². The number of rotatable bonds is 3. The lowest BCUT2D eigenvalue weighted by molar-refractivity contribution is 0.0537. The van der Waals surface area contributed by atoms with Crippen molar-refractivity contribution in [3.05, 3.63) is 0 Å². The summed E-state index contributed by atoms with van der Waals surface area (Å²) >= 11 is 0. The summed E-state index contributed by atoms with van der Waals surface area (Å²) < 4.78 is 0. The normalized spacial score (nSPS) is 27.0. The highest BCUT2D eigenvalue weighted by Gasteiger charge is 2.43. The van der Waals surface area contributed by atoms with Crippen LogP contribution in [0.15, 0.2) is 0 Å². The minimum Gasteiger partial charge on any atom is -0.330 e. The van der Waals surface area contributed by atoms with Crippen molar-refractivity contribution in [2.24, 2.45) is 11.1 Å². The van der Waals surface area contributed by atoms with Crippen LogP contribution in [0.1, 0.15) is 33.6 Å². The van der Waals surface area contributed by atoms with Gasteiger partial charge in [-0.2, -0.15) is 0 Å². The molecule has 0 aromatic carbocycles. The van der Waals surface area contributed by atoms with Crippen molar-refractivity contribution in [3.8, 4) is 0 Å². The van der Waals surface area contributed by atoms with Gasteiger partial charge in [0.25, 0.3) is 0 Å². The van der Waals surface area contributed by atoms with Gasteiger partial charge in [-0.3, -0.25) is 4.90 Å². The van der Waals surface area contributed by atoms with E-state index in [0.29, 0.717) is 11.0 Å². The molecule has 3 heteroatoms. The highest BCUT2D eigenvalue weighted by molar-refractivity contribution is 4.97. The Morgan fingerprint density at radius 3 is 2.00 bits per heavy atom. The predicted octanol–water partition coefficient (Wildman–Crippen LogP) is 1.14. The average Bonchev–Trinajstić information content (AvgIpc) is 2.98. The van der Waals surface area contributed by atoms with E-state index in [1.54, 1.807) is 0 Å². The maximum Gasteiger partial charge on any atom is 0.0126 e. The zero-order valence-corrected chi connectivity index (χ0v) is 11.1. The van der Waals surface area contributed by atoms with Crippen molar-refractivity contribution < 1.29 is 0 Å². The van der Waals surface area contributed by atoms with Gasteiger partial charge in [0.15, 0.2) is 0 Å². The van der Waals surface area contributed by atoms with Crippen LogP contribution in [-0.2, 0) is 0 Å². The van der Waals surface area contributed by atoms with Crippen molar-refractivity contribution in [2.75, 3.05) is 39.3 Å². The molecule has 2 aliphatic rings. The molecule has 1 aliphatic heterocycles. The lowest BCUT2D eigenvalue weighted by Crippen LogP contribution is -2.54. The summed E-state index contributed by atoms with van der Waals surface area (Å²) in [6.45, 7) is 13.9. The average molecular weight is 225 g/mol. The Morgan fingerprint density at radius 2 is 1.62 bits per heavy atom. The fourth-order valence-electron chi connectivity index (χ4n) is 2.65. The first-order chi connectivity index (χ1) is 7.45. The molecule has 1 aliphatic carbocycles. The molecule has 16 heavy (non-hydrogen) atoms. The van der Waals surface area contributed by atoms with E-state index in [0.717, 1.165) is 6.54 Å². The Bertz CT molecular complexity index is 232. The van der Waals surface area contributed by atoms with Crippen molar-refractivity contribution in [3.63, 3.8) is 0 Å². The third-order valence-corrected chi connectivity index (χ3v) is 4.27. The van der Waals surface area contributed by atoms with Crippen LogP contribution in [0.4, 0.5) is 0 Å². The third kappa shape index (κ3) is 2.76. The maximum absolute atomic E-state index is 5.85. The van der Waals surface area contributed by atoms with Gasteiger partial charge >= 0.3 is 0 Å². The fraction of sp³-hybridized carbons (Fsp3) is 1.00. The Morgan fingerprint density at radius 1 is 1.06 bits per heavy atom. The number of nitrogens with zero attached hydrogens (tertiary/aromatic N) is 2. The Labute approximate surface area is 100.0 Å². The van der Waals surface area contributed by atoms with Crippen molar-refractivity contribution in [1.82, 2.24) is 9.80 Å². The van der Waals surface area contributed by atoms with Crippen molar-refractivity contribution >= 4 is 0 Å². The standard InChI is InChI=1S/C13H27N3/c1-12(2,3)16-8-6-15(7-9-16)11-13(10-14)4-5-13/h4-11,14H2,1-3H3. The van der Waals surface area contributed by atoms with E-state index in [-0.39, 0.29) is 0 Å². The minimum absolute atomic E-state index is 0.331. The molecule has 0 bridgehead atoms. The summed E-state index contributed by atoms with van der Waals surface area (Å²) in [6.07, 6.45) is 2.70. The van der Waals surface area contributed by atoms with Crippen LogP contribution in [-0.4, -0.2) is 54.6 Å². The van der Waals surface area contributed by atoms with Gasteiger partial charge in [-0.1, -0.05) is 0 Å². The van der Waals surface area contributed by atoms with Gasteiger partial charge in [0.05, 0.1) is 0 Å². The SMILES string of the molecule is CC(C)(C)N1CCN(CC2(CN)CC2)CC1. The first-order valence-corrected chi connectivity index (χ1v) is 6.63. The van der Waals surface area contributed by atoms with E-state index in [2.05, 4.69) is 30.6 Å². The number of hydrogen-bond donors (Lipinski definition) is 1. The summed E-state index contributed by atoms with van der Waals surface area (Å²) in [5, 5.41) is 0. The topological polar surface area (TPSA) is 32.5 Å². The summed E-state index contributed by atoms with van der Waals surface area (Å²) in [4.78, 5) is 5.20. The number of hydrogen-bond acceptors (Lipinski definition) is 3. The quantitative estimate of drug-likeness (QED) is 0.782. The minimum atomic E-state index is 0.331. The molecule has 2 fully saturated rings. The van der Waals surface area contributed by atoms with E-state index in [9.17, 15) is 0 Å². The summed E-state index contributed by atoms with van der Waals surface area (Å²) in [7, 11) is 0. The molecule has 0 spiro atoms. The molecule has 0 atom stereocenters. The Balaban J connectivity index is 1.77. The molecule has 1 heterocycles. The smallest absolute Gasteiger partial charge is 0.0126 e. The molecule has 1 saturated heterocycles. The van der Waals surface area contributed by atoms with E-state index in [1.165, 1.54) is 45.6 Å². The Hall–Kier alpha value is -0.120. The molecular formula is C13H27N3. The molecule has 2 rings (SSSR count). The van der Waals surface area contributed by atoms with E-state index in [4.69, 9.17) is 5.73 Å². The van der Waals surface area contributed by atoms with Gasteiger partial charge in [0.1, 0.15) is 0 Å². The monoisotopic (exact) mass is 225 g/mol. The largest absolute Gasteiger partial charge is 0.330 e. The van der Waals surface area contributed by atoms with Crippen LogP contribution in [0.2, 0.25) is 0 Å². The molecule has 0 amide bonds. The summed E-state index contributed by atoms with van der Waals surface area (Å²) in [6, 6.07) is 0. The summed E-state index contributed by atoms with van der Waals surface area (Å²) in [5.41, 5.74) is 6.68. The number of nitrogens with two attached hydrogens (primary N) is 1. The molecular weight excluding hydrogens is 198 g/mol. The maximum atomic E-state index is 5.85. The van der Waals surface area contributed by atoms with Gasteiger partial charge in [0, 0.05) is 38.3 Å².